The highest BCUT2D eigenvalue weighted by Crippen LogP contribution is 2.28. The third-order valence-electron chi connectivity index (χ3n) is 3.68. The van der Waals surface area contributed by atoms with Gasteiger partial charge in [0.2, 0.25) is 0 Å². The molecule has 0 saturated heterocycles. The van der Waals surface area contributed by atoms with Gasteiger partial charge >= 0.3 is 0 Å². The Kier molecular flexibility index (Phi) is 4.49. The zero-order valence-corrected chi connectivity index (χ0v) is 14.5. The second-order valence-electron chi connectivity index (χ2n) is 5.48. The van der Waals surface area contributed by atoms with E-state index < -0.39 is 21.2 Å². The van der Waals surface area contributed by atoms with Crippen LogP contribution < -0.4 is 0 Å². The number of carbonyl (C=O) groups excluding carboxylic acids is 1. The predicted octanol–water partition coefficient (Wildman–Crippen LogP) is 3.35. The highest BCUT2D eigenvalue weighted by molar-refractivity contribution is 7.86. The molecule has 0 fully saturated rings. The largest absolute Gasteiger partial charge is 0.297 e. The minimum absolute atomic E-state index is 0.141. The van der Waals surface area contributed by atoms with E-state index in [1.54, 1.807) is 18.2 Å². The van der Waals surface area contributed by atoms with E-state index in [9.17, 15) is 17.8 Å². The lowest BCUT2D eigenvalue weighted by molar-refractivity contribution is -0.118. The van der Waals surface area contributed by atoms with Crippen molar-refractivity contribution in [2.24, 2.45) is 0 Å². The number of hydrogen-bond donors (Lipinski definition) is 1. The molecular formula is C17H15NO4S2. The molecule has 0 saturated carbocycles. The molecule has 0 aliphatic heterocycles. The summed E-state index contributed by atoms with van der Waals surface area (Å²) < 4.78 is 33.9. The molecule has 1 heterocycles. The zero-order chi connectivity index (χ0) is 17.3. The van der Waals surface area contributed by atoms with Crippen LogP contribution in [-0.2, 0) is 21.3 Å². The molecule has 0 amide bonds. The fourth-order valence-corrected chi connectivity index (χ4v) is 4.57. The summed E-state index contributed by atoms with van der Waals surface area (Å²) in [6.45, 7) is 1.93. The van der Waals surface area contributed by atoms with Crippen LogP contribution in [0.15, 0.2) is 48.5 Å². The van der Waals surface area contributed by atoms with Crippen LogP contribution in [0.2, 0.25) is 0 Å². The Morgan fingerprint density at radius 1 is 1.17 bits per heavy atom. The van der Waals surface area contributed by atoms with Gasteiger partial charge in [-0.3, -0.25) is 9.35 Å². The molecule has 1 unspecified atom stereocenters. The van der Waals surface area contributed by atoms with Gasteiger partial charge < -0.3 is 0 Å². The average Bonchev–Trinajstić information content (AvgIpc) is 2.91. The Morgan fingerprint density at radius 3 is 2.50 bits per heavy atom. The first kappa shape index (κ1) is 16.8. The molecule has 5 nitrogen and oxygen atoms in total. The maximum Gasteiger partial charge on any atom is 0.279 e. The maximum atomic E-state index is 12.5. The van der Waals surface area contributed by atoms with Gasteiger partial charge in [0, 0.05) is 0 Å². The Morgan fingerprint density at radius 2 is 1.88 bits per heavy atom. The Hall–Kier alpha value is -2.09. The standard InChI is InChI=1S/C17H15NO4S2/c1-11-6-5-9-14-16(11)18-15(23-14)10-13(19)17(24(20,21)22)12-7-3-2-4-8-12/h2-9,17H,10H2,1H3,(H,20,21,22). The summed E-state index contributed by atoms with van der Waals surface area (Å²) in [5.41, 5.74) is 2.06. The molecule has 0 aliphatic rings. The summed E-state index contributed by atoms with van der Waals surface area (Å²) in [5, 5.41) is -1.05. The number of rotatable bonds is 5. The highest BCUT2D eigenvalue weighted by atomic mass is 32.2. The van der Waals surface area contributed by atoms with E-state index in [1.165, 1.54) is 23.5 Å². The van der Waals surface area contributed by atoms with Gasteiger partial charge in [0.15, 0.2) is 11.0 Å². The number of thiazole rings is 1. The van der Waals surface area contributed by atoms with Crippen molar-refractivity contribution in [2.45, 2.75) is 18.6 Å². The van der Waals surface area contributed by atoms with Gasteiger partial charge in [-0.15, -0.1) is 11.3 Å². The molecule has 0 spiro atoms. The Labute approximate surface area is 143 Å². The van der Waals surface area contributed by atoms with Crippen molar-refractivity contribution >= 4 is 37.5 Å². The molecule has 2 aromatic carbocycles. The monoisotopic (exact) mass is 361 g/mol. The van der Waals surface area contributed by atoms with E-state index in [2.05, 4.69) is 4.98 Å². The molecule has 0 aliphatic carbocycles. The molecule has 1 aromatic heterocycles. The molecular weight excluding hydrogens is 346 g/mol. The number of benzene rings is 2. The molecule has 0 bridgehead atoms. The SMILES string of the molecule is Cc1cccc2sc(CC(=O)C(c3ccccc3)S(=O)(=O)O)nc12. The van der Waals surface area contributed by atoms with E-state index in [-0.39, 0.29) is 12.0 Å². The summed E-state index contributed by atoms with van der Waals surface area (Å²) >= 11 is 1.35. The average molecular weight is 361 g/mol. The summed E-state index contributed by atoms with van der Waals surface area (Å²) in [6.07, 6.45) is -0.141. The van der Waals surface area contributed by atoms with Crippen LogP contribution >= 0.6 is 11.3 Å². The van der Waals surface area contributed by atoms with Gasteiger partial charge in [0.25, 0.3) is 10.1 Å². The van der Waals surface area contributed by atoms with Crippen LogP contribution in [0.4, 0.5) is 0 Å². The first-order valence-corrected chi connectivity index (χ1v) is 9.57. The van der Waals surface area contributed by atoms with Crippen molar-refractivity contribution in [3.05, 3.63) is 64.7 Å². The molecule has 1 atom stereocenters. The summed E-state index contributed by atoms with van der Waals surface area (Å²) in [6, 6.07) is 13.7. The van der Waals surface area contributed by atoms with Crippen LogP contribution in [0.1, 0.15) is 21.4 Å². The predicted molar refractivity (Wildman–Crippen MR) is 93.8 cm³/mol. The van der Waals surface area contributed by atoms with Crippen molar-refractivity contribution < 1.29 is 17.8 Å². The molecule has 3 rings (SSSR count). The minimum atomic E-state index is -4.55. The van der Waals surface area contributed by atoms with Gasteiger partial charge in [-0.2, -0.15) is 8.42 Å². The van der Waals surface area contributed by atoms with E-state index in [1.807, 2.05) is 25.1 Å². The number of ketones is 1. The number of hydrogen-bond acceptors (Lipinski definition) is 5. The second-order valence-corrected chi connectivity index (χ2v) is 8.09. The number of nitrogens with zero attached hydrogens (tertiary/aromatic N) is 1. The van der Waals surface area contributed by atoms with Crippen LogP contribution in [-0.4, -0.2) is 23.7 Å². The summed E-state index contributed by atoms with van der Waals surface area (Å²) in [5.74, 6) is -0.597. The molecule has 7 heteroatoms. The van der Waals surface area contributed by atoms with Crippen LogP contribution in [0.3, 0.4) is 0 Å². The third-order valence-corrected chi connectivity index (χ3v) is 5.83. The first-order chi connectivity index (χ1) is 11.4. The Bertz CT molecular complexity index is 994. The smallest absolute Gasteiger partial charge is 0.279 e. The summed E-state index contributed by atoms with van der Waals surface area (Å²) in [7, 11) is -4.55. The van der Waals surface area contributed by atoms with E-state index >= 15 is 0 Å². The van der Waals surface area contributed by atoms with Crippen LogP contribution in [0.5, 0.6) is 0 Å². The van der Waals surface area contributed by atoms with E-state index in [0.717, 1.165) is 15.8 Å². The number of para-hydroxylation sites is 1. The van der Waals surface area contributed by atoms with Crippen molar-refractivity contribution in [3.63, 3.8) is 0 Å². The highest BCUT2D eigenvalue weighted by Gasteiger charge is 2.33. The number of carbonyl (C=O) groups is 1. The minimum Gasteiger partial charge on any atom is -0.297 e. The van der Waals surface area contributed by atoms with Crippen LogP contribution in [0, 0.1) is 6.92 Å². The molecule has 0 radical (unpaired) electrons. The van der Waals surface area contributed by atoms with Gasteiger partial charge in [0.1, 0.15) is 5.01 Å². The lowest BCUT2D eigenvalue weighted by Gasteiger charge is -2.12. The normalized spacial score (nSPS) is 13.1. The first-order valence-electron chi connectivity index (χ1n) is 7.25. The molecule has 124 valence electrons. The van der Waals surface area contributed by atoms with Crippen molar-refractivity contribution in [2.75, 3.05) is 0 Å². The topological polar surface area (TPSA) is 84.3 Å². The molecule has 24 heavy (non-hydrogen) atoms. The lowest BCUT2D eigenvalue weighted by atomic mass is 10.1. The van der Waals surface area contributed by atoms with E-state index in [0.29, 0.717) is 5.01 Å². The number of Topliss-reactive ketones (excluding diaryl/α,β-unsaturated/α-hetero) is 1. The number of fused-ring (bicyclic) bond motifs is 1. The quantitative estimate of drug-likeness (QED) is 0.705. The third kappa shape index (κ3) is 3.38. The van der Waals surface area contributed by atoms with Crippen LogP contribution in [0.25, 0.3) is 10.2 Å². The van der Waals surface area contributed by atoms with Gasteiger partial charge in [-0.05, 0) is 24.1 Å². The van der Waals surface area contributed by atoms with Gasteiger partial charge in [-0.1, -0.05) is 42.5 Å². The second kappa shape index (κ2) is 6.43. The maximum absolute atomic E-state index is 12.5. The van der Waals surface area contributed by atoms with E-state index in [4.69, 9.17) is 0 Å². The summed E-state index contributed by atoms with van der Waals surface area (Å²) in [4.78, 5) is 17.0. The van der Waals surface area contributed by atoms with Gasteiger partial charge in [-0.25, -0.2) is 4.98 Å². The zero-order valence-electron chi connectivity index (χ0n) is 12.8. The van der Waals surface area contributed by atoms with Crippen molar-refractivity contribution in [1.29, 1.82) is 0 Å². The lowest BCUT2D eigenvalue weighted by Crippen LogP contribution is -2.23. The molecule has 3 aromatic rings. The van der Waals surface area contributed by atoms with Crippen molar-refractivity contribution in [1.82, 2.24) is 4.98 Å². The van der Waals surface area contributed by atoms with Crippen molar-refractivity contribution in [3.8, 4) is 0 Å². The Balaban J connectivity index is 1.95. The molecule has 1 N–H and O–H groups in total. The fourth-order valence-electron chi connectivity index (χ4n) is 2.60. The fraction of sp³-hybridized carbons (Fsp3) is 0.176. The number of aromatic nitrogens is 1. The van der Waals surface area contributed by atoms with Gasteiger partial charge in [0.05, 0.1) is 16.6 Å². The number of aryl methyl sites for hydroxylation is 1.